The van der Waals surface area contributed by atoms with E-state index in [9.17, 15) is 19.2 Å². The first kappa shape index (κ1) is 32.2. The van der Waals surface area contributed by atoms with Gasteiger partial charge < -0.3 is 23.9 Å². The molecule has 2 aliphatic heterocycles. The van der Waals surface area contributed by atoms with Crippen LogP contribution < -0.4 is 0 Å². The van der Waals surface area contributed by atoms with E-state index in [2.05, 4.69) is 28.6 Å². The number of hydrogen-bond acceptors (Lipinski definition) is 8. The first-order valence-electron chi connectivity index (χ1n) is 15.6. The number of aromatic amines is 1. The van der Waals surface area contributed by atoms with Crippen LogP contribution in [0.4, 0.5) is 0 Å². The molecule has 0 aliphatic carbocycles. The molecule has 1 atom stereocenters. The molecule has 1 aromatic carbocycles. The molecule has 10 nitrogen and oxygen atoms in total. The van der Waals surface area contributed by atoms with Gasteiger partial charge in [-0.15, -0.1) is 0 Å². The Morgan fingerprint density at radius 3 is 2.07 bits per heavy atom. The van der Waals surface area contributed by atoms with Crippen molar-refractivity contribution in [1.29, 1.82) is 0 Å². The zero-order valence-electron chi connectivity index (χ0n) is 26.1. The van der Waals surface area contributed by atoms with Gasteiger partial charge in [-0.1, -0.05) is 25.1 Å². The summed E-state index contributed by atoms with van der Waals surface area (Å²) in [6, 6.07) is 8.19. The second-order valence-electron chi connectivity index (χ2n) is 11.3. The molecule has 1 unspecified atom stereocenters. The monoisotopic (exact) mass is 597 g/mol. The van der Waals surface area contributed by atoms with Crippen molar-refractivity contribution in [2.24, 2.45) is 16.7 Å². The summed E-state index contributed by atoms with van der Waals surface area (Å²) in [7, 11) is 0. The Hall–Kier alpha value is -3.69. The molecule has 2 aromatic rings. The van der Waals surface area contributed by atoms with Gasteiger partial charge in [0.25, 0.3) is 0 Å². The van der Waals surface area contributed by atoms with Crippen LogP contribution in [0.5, 0.6) is 0 Å². The highest BCUT2D eigenvalue weighted by molar-refractivity contribution is 6.08. The molecule has 0 spiro atoms. The molecule has 0 fully saturated rings. The fraction of sp³-hybridized carbons (Fsp3) is 0.606. The summed E-state index contributed by atoms with van der Waals surface area (Å²) in [5.74, 6) is -4.84. The molecule has 1 aromatic heterocycles. The Morgan fingerprint density at radius 2 is 1.49 bits per heavy atom. The number of rotatable bonds is 13. The van der Waals surface area contributed by atoms with Crippen molar-refractivity contribution in [2.45, 2.75) is 73.1 Å². The van der Waals surface area contributed by atoms with Gasteiger partial charge in [0, 0.05) is 23.7 Å². The number of nitrogens with one attached hydrogen (secondary N) is 1. The van der Waals surface area contributed by atoms with Gasteiger partial charge >= 0.3 is 23.9 Å². The van der Waals surface area contributed by atoms with Gasteiger partial charge in [-0.05, 0) is 65.0 Å². The second-order valence-corrected chi connectivity index (χ2v) is 11.3. The lowest BCUT2D eigenvalue weighted by Gasteiger charge is -2.42. The van der Waals surface area contributed by atoms with Crippen molar-refractivity contribution in [1.82, 2.24) is 4.98 Å². The maximum Gasteiger partial charge on any atom is 0.323 e. The number of benzene rings is 1. The van der Waals surface area contributed by atoms with Gasteiger partial charge in [0.2, 0.25) is 5.71 Å². The zero-order chi connectivity index (χ0) is 31.2. The molecule has 0 amide bonds. The van der Waals surface area contributed by atoms with Crippen LogP contribution >= 0.6 is 0 Å². The predicted octanol–water partition coefficient (Wildman–Crippen LogP) is 4.35. The minimum Gasteiger partial charge on any atom is -0.465 e. The maximum atomic E-state index is 14.1. The number of aromatic nitrogens is 1. The average molecular weight is 598 g/mol. The summed E-state index contributed by atoms with van der Waals surface area (Å²) in [5.41, 5.74) is 1.69. The summed E-state index contributed by atoms with van der Waals surface area (Å²) in [4.78, 5) is 58.2. The fourth-order valence-electron chi connectivity index (χ4n) is 7.05. The van der Waals surface area contributed by atoms with Crippen molar-refractivity contribution < 1.29 is 42.7 Å². The molecular formula is C33H45N2O8+. The molecular weight excluding hydrogens is 552 g/mol. The van der Waals surface area contributed by atoms with Gasteiger partial charge in [-0.2, -0.15) is 0 Å². The number of para-hydroxylation sites is 1. The summed E-state index contributed by atoms with van der Waals surface area (Å²) < 4.78 is 24.0. The number of nitrogens with zero attached hydrogens (tertiary/aromatic N) is 1. The average Bonchev–Trinajstić information content (AvgIpc) is 3.38. The summed E-state index contributed by atoms with van der Waals surface area (Å²) in [6.07, 6.45) is 2.57. The van der Waals surface area contributed by atoms with Crippen molar-refractivity contribution >= 4 is 40.5 Å². The standard InChI is InChI=1S/C33H44N2O8/c1-6-32(17-13-18-35-19-16-23-22-14-11-12-15-25(22)34-26(23)27(32)35)21-33(30(38)42-9-4,31(39)43-10-5)20-24(28(36)40-7-2)29(37)41-8-3/h11-12,14-15,24H,6-10,13,16-21H2,1-5H3/p+1. The molecule has 0 bridgehead atoms. The van der Waals surface area contributed by atoms with Crippen molar-refractivity contribution in [2.75, 3.05) is 39.5 Å². The van der Waals surface area contributed by atoms with Crippen LogP contribution in [0.15, 0.2) is 24.3 Å². The first-order valence-corrected chi connectivity index (χ1v) is 15.6. The van der Waals surface area contributed by atoms with E-state index in [0.717, 1.165) is 48.2 Å². The van der Waals surface area contributed by atoms with Gasteiger partial charge in [0.1, 0.15) is 18.8 Å². The van der Waals surface area contributed by atoms with E-state index in [1.807, 2.05) is 12.1 Å². The highest BCUT2D eigenvalue weighted by Crippen LogP contribution is 2.50. The third-order valence-corrected chi connectivity index (χ3v) is 8.93. The Bertz CT molecular complexity index is 1360. The molecule has 3 heterocycles. The van der Waals surface area contributed by atoms with Crippen molar-refractivity contribution in [3.05, 3.63) is 35.5 Å². The second kappa shape index (κ2) is 13.7. The lowest BCUT2D eigenvalue weighted by molar-refractivity contribution is -0.538. The Labute approximate surface area is 253 Å². The van der Waals surface area contributed by atoms with Crippen LogP contribution in [0.2, 0.25) is 0 Å². The third-order valence-electron chi connectivity index (χ3n) is 8.93. The minimum atomic E-state index is -1.97. The SMILES string of the molecule is CCOC(=O)C(CC(CC1(CC)CCC[N+]2=C1c1[nH]c3ccccc3c1CC2)(C(=O)OCC)C(=O)OCC)C(=O)OCC. The third kappa shape index (κ3) is 6.06. The minimum absolute atomic E-state index is 0.00408. The van der Waals surface area contributed by atoms with Crippen molar-refractivity contribution in [3.63, 3.8) is 0 Å². The number of H-pyrrole nitrogens is 1. The van der Waals surface area contributed by atoms with E-state index >= 15 is 0 Å². The lowest BCUT2D eigenvalue weighted by atomic mass is 9.60. The van der Waals surface area contributed by atoms with Gasteiger partial charge in [0.15, 0.2) is 11.3 Å². The van der Waals surface area contributed by atoms with Crippen LogP contribution in [-0.4, -0.2) is 78.7 Å². The fourth-order valence-corrected chi connectivity index (χ4v) is 7.05. The number of carbonyl (C=O) groups excluding carboxylic acids is 4. The zero-order valence-corrected chi connectivity index (χ0v) is 26.1. The highest BCUT2D eigenvalue weighted by Gasteiger charge is 2.60. The molecule has 4 rings (SSSR count). The van der Waals surface area contributed by atoms with Gasteiger partial charge in [-0.3, -0.25) is 19.2 Å². The molecule has 0 saturated heterocycles. The Kier molecular flexibility index (Phi) is 10.3. The van der Waals surface area contributed by atoms with E-state index in [1.165, 1.54) is 5.56 Å². The normalized spacial score (nSPS) is 18.2. The predicted molar refractivity (Wildman–Crippen MR) is 160 cm³/mol. The van der Waals surface area contributed by atoms with Crippen LogP contribution in [0.1, 0.15) is 78.0 Å². The summed E-state index contributed by atoms with van der Waals surface area (Å²) in [6.45, 7) is 10.4. The van der Waals surface area contributed by atoms with E-state index < -0.39 is 47.0 Å². The topological polar surface area (TPSA) is 124 Å². The Morgan fingerprint density at radius 1 is 0.884 bits per heavy atom. The first-order chi connectivity index (χ1) is 20.7. The quantitative estimate of drug-likeness (QED) is 0.156. The lowest BCUT2D eigenvalue weighted by Crippen LogP contribution is -2.54. The number of carbonyl (C=O) groups is 4. The highest BCUT2D eigenvalue weighted by atomic mass is 16.6. The number of ether oxygens (including phenoxy) is 4. The number of fused-ring (bicyclic) bond motifs is 4. The molecule has 10 heteroatoms. The number of esters is 4. The smallest absolute Gasteiger partial charge is 0.323 e. The molecule has 0 saturated carbocycles. The van der Waals surface area contributed by atoms with Crippen molar-refractivity contribution in [3.8, 4) is 0 Å². The van der Waals surface area contributed by atoms with E-state index in [4.69, 9.17) is 18.9 Å². The van der Waals surface area contributed by atoms with Crippen LogP contribution in [0.3, 0.4) is 0 Å². The molecule has 0 radical (unpaired) electrons. The van der Waals surface area contributed by atoms with Crippen LogP contribution in [-0.2, 0) is 44.5 Å². The van der Waals surface area contributed by atoms with Gasteiger partial charge in [0.05, 0.1) is 31.8 Å². The van der Waals surface area contributed by atoms with Crippen LogP contribution in [0.25, 0.3) is 10.9 Å². The van der Waals surface area contributed by atoms with Crippen LogP contribution in [0, 0.1) is 16.7 Å². The number of hydrogen-bond donors (Lipinski definition) is 1. The molecule has 2 aliphatic rings. The van der Waals surface area contributed by atoms with E-state index in [0.29, 0.717) is 12.8 Å². The van der Waals surface area contributed by atoms with Gasteiger partial charge in [-0.25, -0.2) is 4.58 Å². The van der Waals surface area contributed by atoms with E-state index in [1.54, 1.807) is 27.7 Å². The summed E-state index contributed by atoms with van der Waals surface area (Å²) in [5, 5.41) is 1.16. The Balaban J connectivity index is 1.92. The molecule has 234 valence electrons. The molecule has 1 N–H and O–H groups in total. The molecule has 43 heavy (non-hydrogen) atoms. The summed E-state index contributed by atoms with van der Waals surface area (Å²) >= 11 is 0. The maximum absolute atomic E-state index is 14.1. The largest absolute Gasteiger partial charge is 0.465 e. The van der Waals surface area contributed by atoms with E-state index in [-0.39, 0.29) is 32.8 Å².